The molecule has 0 aliphatic carbocycles. The van der Waals surface area contributed by atoms with Gasteiger partial charge in [0, 0.05) is 27.4 Å². The van der Waals surface area contributed by atoms with Gasteiger partial charge in [-0.2, -0.15) is 4.21 Å². The zero-order chi connectivity index (χ0) is 24.8. The van der Waals surface area contributed by atoms with E-state index in [1.165, 1.54) is 0 Å². The summed E-state index contributed by atoms with van der Waals surface area (Å²) in [4.78, 5) is 8.92. The molecule has 0 saturated carbocycles. The fourth-order valence-electron chi connectivity index (χ4n) is 3.49. The second-order valence-electron chi connectivity index (χ2n) is 7.83. The Kier molecular flexibility index (Phi) is 7.70. The number of hydrogen-bond donors (Lipinski definition) is 2. The highest BCUT2D eigenvalue weighted by molar-refractivity contribution is 7.89. The summed E-state index contributed by atoms with van der Waals surface area (Å²) in [6.45, 7) is 0.175. The van der Waals surface area contributed by atoms with Gasteiger partial charge in [-0.15, -0.1) is 0 Å². The SMILES string of the molecule is NC(=NCc1cnc(-c2ccc(Cl)cc2)c(-c2ccc(Cl)cc2)c1)NS(=O)(=[OH+])Cc1ccccc1. The minimum absolute atomic E-state index is 0.0812. The molecule has 0 saturated heterocycles. The molecule has 0 aliphatic heterocycles. The van der Waals surface area contributed by atoms with Gasteiger partial charge in [-0.05, 0) is 47.0 Å². The summed E-state index contributed by atoms with van der Waals surface area (Å²) in [5, 5.41) is 1.28. The lowest BCUT2D eigenvalue weighted by atomic mass is 9.98. The van der Waals surface area contributed by atoms with Crippen LogP contribution >= 0.6 is 23.2 Å². The van der Waals surface area contributed by atoms with Gasteiger partial charge in [-0.3, -0.25) is 4.98 Å². The van der Waals surface area contributed by atoms with Gasteiger partial charge in [0.05, 0.1) is 12.2 Å². The molecule has 0 spiro atoms. The average Bonchev–Trinajstić information content (AvgIpc) is 2.84. The Balaban J connectivity index is 1.58. The van der Waals surface area contributed by atoms with E-state index in [-0.39, 0.29) is 18.3 Å². The lowest BCUT2D eigenvalue weighted by molar-refractivity contribution is 0.610. The molecule has 4 aromatic rings. The predicted molar refractivity (Wildman–Crippen MR) is 144 cm³/mol. The van der Waals surface area contributed by atoms with Gasteiger partial charge in [0.2, 0.25) is 5.96 Å². The van der Waals surface area contributed by atoms with Crippen molar-refractivity contribution in [3.63, 3.8) is 0 Å². The number of hydrogen-bond acceptors (Lipinski definition) is 3. The molecule has 1 aromatic heterocycles. The van der Waals surface area contributed by atoms with E-state index >= 15 is 0 Å². The molecule has 178 valence electrons. The molecule has 0 amide bonds. The lowest BCUT2D eigenvalue weighted by Gasteiger charge is -2.12. The first-order valence-corrected chi connectivity index (χ1v) is 13.1. The predicted octanol–water partition coefficient (Wildman–Crippen LogP) is 5.81. The molecule has 4 rings (SSSR count). The minimum atomic E-state index is -3.43. The molecule has 0 bridgehead atoms. The van der Waals surface area contributed by atoms with E-state index in [1.54, 1.807) is 30.5 Å². The van der Waals surface area contributed by atoms with Crippen LogP contribution in [0, 0.1) is 0 Å². The number of rotatable bonds is 7. The van der Waals surface area contributed by atoms with E-state index in [2.05, 4.69) is 14.7 Å². The number of aromatic nitrogens is 1. The lowest BCUT2D eigenvalue weighted by Crippen LogP contribution is -2.37. The Morgan fingerprint density at radius 2 is 1.51 bits per heavy atom. The van der Waals surface area contributed by atoms with Crippen LogP contribution in [-0.2, 0) is 22.3 Å². The minimum Gasteiger partial charge on any atom is -0.369 e. The van der Waals surface area contributed by atoms with Gasteiger partial charge in [-0.1, -0.05) is 77.8 Å². The van der Waals surface area contributed by atoms with E-state index in [4.69, 9.17) is 28.9 Å². The summed E-state index contributed by atoms with van der Waals surface area (Å²) in [6, 6.07) is 25.9. The molecule has 35 heavy (non-hydrogen) atoms. The summed E-state index contributed by atoms with van der Waals surface area (Å²) < 4.78 is 25.2. The van der Waals surface area contributed by atoms with Crippen LogP contribution < -0.4 is 10.5 Å². The normalized spacial score (nSPS) is 13.3. The van der Waals surface area contributed by atoms with Crippen molar-refractivity contribution in [2.24, 2.45) is 10.7 Å². The Bertz CT molecular complexity index is 1440. The molecule has 3 aromatic carbocycles. The maximum atomic E-state index is 12.5. The molecule has 4 N–H and O–H groups in total. The molecule has 9 heteroatoms. The third kappa shape index (κ3) is 6.82. The number of nitrogens with zero attached hydrogens (tertiary/aromatic N) is 2. The zero-order valence-corrected chi connectivity index (χ0v) is 20.9. The Morgan fingerprint density at radius 1 is 0.914 bits per heavy atom. The Hall–Kier alpha value is -3.39. The summed E-state index contributed by atoms with van der Waals surface area (Å²) >= 11 is 12.1. The van der Waals surface area contributed by atoms with Crippen molar-refractivity contribution in [2.75, 3.05) is 0 Å². The third-order valence-corrected chi connectivity index (χ3v) is 6.88. The van der Waals surface area contributed by atoms with Gasteiger partial charge in [0.15, 0.2) is 0 Å². The van der Waals surface area contributed by atoms with Gasteiger partial charge >= 0.3 is 10.0 Å². The maximum Gasteiger partial charge on any atom is 0.372 e. The van der Waals surface area contributed by atoms with Gasteiger partial charge in [-0.25, -0.2) is 13.9 Å². The molecule has 0 aliphatic rings. The fourth-order valence-corrected chi connectivity index (χ4v) is 4.85. The molecular weight excluding hydrogens is 503 g/mol. The Morgan fingerprint density at radius 3 is 2.14 bits per heavy atom. The summed E-state index contributed by atoms with van der Waals surface area (Å²) in [7, 11) is -3.43. The van der Waals surface area contributed by atoms with Crippen molar-refractivity contribution in [3.8, 4) is 22.4 Å². The monoisotopic (exact) mass is 525 g/mol. The van der Waals surface area contributed by atoms with E-state index in [1.807, 2.05) is 60.7 Å². The highest BCUT2D eigenvalue weighted by Crippen LogP contribution is 2.32. The van der Waals surface area contributed by atoms with Crippen LogP contribution in [-0.4, -0.2) is 19.4 Å². The first kappa shape index (κ1) is 24.7. The summed E-state index contributed by atoms with van der Waals surface area (Å²) in [6.07, 6.45) is 1.71. The van der Waals surface area contributed by atoms with Crippen LogP contribution in [0.1, 0.15) is 11.1 Å². The van der Waals surface area contributed by atoms with Crippen molar-refractivity contribution in [1.82, 2.24) is 9.71 Å². The van der Waals surface area contributed by atoms with Crippen LogP contribution in [0.25, 0.3) is 22.4 Å². The topological polar surface area (TPSA) is 102 Å². The fraction of sp³-hybridized carbons (Fsp3) is 0.0769. The summed E-state index contributed by atoms with van der Waals surface area (Å²) in [5.41, 5.74) is 10.9. The standard InChI is InChI=1S/C26H22Cl2N4O2S/c27-22-10-6-20(7-11-22)24-14-19(15-30-25(24)21-8-12-23(28)13-9-21)16-31-26(29)32-35(33,34)17-18-4-2-1-3-5-18/h1-15H,16-17H2,(H3,29,31,32,33,34)/p+1. The number of nitrogens with one attached hydrogen (secondary N) is 1. The maximum absolute atomic E-state index is 12.5. The van der Waals surface area contributed by atoms with Gasteiger partial charge < -0.3 is 5.73 Å². The van der Waals surface area contributed by atoms with Crippen LogP contribution in [0.4, 0.5) is 0 Å². The number of pyridine rings is 1. The first-order valence-electron chi connectivity index (χ1n) is 10.7. The van der Waals surface area contributed by atoms with E-state index in [0.29, 0.717) is 10.0 Å². The van der Waals surface area contributed by atoms with Crippen molar-refractivity contribution in [2.45, 2.75) is 12.3 Å². The van der Waals surface area contributed by atoms with Crippen molar-refractivity contribution in [3.05, 3.63) is 112 Å². The van der Waals surface area contributed by atoms with Crippen LogP contribution in [0.5, 0.6) is 0 Å². The average molecular weight is 526 g/mol. The third-order valence-electron chi connectivity index (χ3n) is 5.12. The molecule has 6 nitrogen and oxygen atoms in total. The highest BCUT2D eigenvalue weighted by Gasteiger charge is 2.18. The molecule has 0 radical (unpaired) electrons. The molecular formula is C26H23Cl2N4O2S+. The number of halogens is 2. The number of benzene rings is 3. The highest BCUT2D eigenvalue weighted by atomic mass is 35.5. The number of aliphatic imine (C=N–C) groups is 1. The van der Waals surface area contributed by atoms with Gasteiger partial charge in [0.25, 0.3) is 0 Å². The summed E-state index contributed by atoms with van der Waals surface area (Å²) in [5.74, 6) is -0.203. The second-order valence-corrected chi connectivity index (χ2v) is 10.5. The van der Waals surface area contributed by atoms with Crippen molar-refractivity contribution in [1.29, 1.82) is 0 Å². The van der Waals surface area contributed by atoms with Crippen molar-refractivity contribution >= 4 is 39.2 Å². The largest absolute Gasteiger partial charge is 0.372 e. The molecule has 1 heterocycles. The Labute approximate surface area is 214 Å². The van der Waals surface area contributed by atoms with Crippen LogP contribution in [0.3, 0.4) is 0 Å². The first-order chi connectivity index (χ1) is 16.8. The second kappa shape index (κ2) is 10.9. The van der Waals surface area contributed by atoms with E-state index in [0.717, 1.165) is 33.5 Å². The van der Waals surface area contributed by atoms with Gasteiger partial charge in [0.1, 0.15) is 5.75 Å². The number of nitrogens with two attached hydrogens (primary N) is 1. The molecule has 0 fully saturated rings. The molecule has 1 atom stereocenters. The number of guanidine groups is 1. The van der Waals surface area contributed by atoms with Crippen molar-refractivity contribution < 1.29 is 8.42 Å². The van der Waals surface area contributed by atoms with E-state index < -0.39 is 10.0 Å². The quantitative estimate of drug-likeness (QED) is 0.180. The van der Waals surface area contributed by atoms with E-state index in [9.17, 15) is 8.42 Å². The molecule has 1 unspecified atom stereocenters. The van der Waals surface area contributed by atoms with Crippen LogP contribution in [0.2, 0.25) is 10.0 Å². The van der Waals surface area contributed by atoms with Crippen LogP contribution in [0.15, 0.2) is 96.1 Å². The zero-order valence-electron chi connectivity index (χ0n) is 18.6. The smallest absolute Gasteiger partial charge is 0.369 e.